The number of aliphatic hydroxyl groups is 1. The quantitative estimate of drug-likeness (QED) is 0.885. The Hall–Kier alpha value is -2.41. The fourth-order valence-corrected chi connectivity index (χ4v) is 3.92. The van der Waals surface area contributed by atoms with Gasteiger partial charge in [0, 0.05) is 44.2 Å². The molecule has 1 aromatic carbocycles. The molecule has 0 bridgehead atoms. The lowest BCUT2D eigenvalue weighted by Crippen LogP contribution is -2.41. The predicted molar refractivity (Wildman–Crippen MR) is 101 cm³/mol. The predicted octanol–water partition coefficient (Wildman–Crippen LogP) is 1.50. The average molecular weight is 370 g/mol. The first kappa shape index (κ1) is 18.0. The molecule has 0 unspecified atom stereocenters. The topological polar surface area (TPSA) is 78.7 Å². The maximum atomic E-state index is 13.0. The Morgan fingerprint density at radius 2 is 1.85 bits per heavy atom. The highest BCUT2D eigenvalue weighted by Gasteiger charge is 2.31. The van der Waals surface area contributed by atoms with E-state index in [0.29, 0.717) is 31.7 Å². The second-order valence-corrected chi connectivity index (χ2v) is 7.46. The molecule has 1 saturated carbocycles. The number of carbonyl (C=O) groups excluding carboxylic acids is 2. The molecular formula is C20H26N4O3. The van der Waals surface area contributed by atoms with Crippen molar-refractivity contribution in [3.05, 3.63) is 30.1 Å². The van der Waals surface area contributed by atoms with Gasteiger partial charge in [0.05, 0.1) is 24.0 Å². The molecule has 1 saturated heterocycles. The normalized spacial score (nSPS) is 18.4. The Balaban J connectivity index is 1.44. The zero-order valence-electron chi connectivity index (χ0n) is 15.5. The van der Waals surface area contributed by atoms with Crippen molar-refractivity contribution in [2.75, 3.05) is 32.8 Å². The summed E-state index contributed by atoms with van der Waals surface area (Å²) < 4.78 is 1.87. The van der Waals surface area contributed by atoms with Crippen LogP contribution in [0.3, 0.4) is 0 Å². The van der Waals surface area contributed by atoms with Crippen LogP contribution in [0.15, 0.2) is 24.5 Å². The number of benzene rings is 1. The molecule has 27 heavy (non-hydrogen) atoms. The molecule has 4 rings (SSSR count). The summed E-state index contributed by atoms with van der Waals surface area (Å²) in [6, 6.07) is 5.52. The van der Waals surface area contributed by atoms with E-state index < -0.39 is 0 Å². The Kier molecular flexibility index (Phi) is 5.11. The van der Waals surface area contributed by atoms with Crippen molar-refractivity contribution >= 4 is 22.8 Å². The standard InChI is InChI=1S/C20H26N4O3/c25-12-11-24-14-21-17-13-16(5-6-18(17)24)20(27)23-8-2-7-22(9-10-23)19(26)15-3-1-4-15/h5-6,13-15,25H,1-4,7-12H2. The fourth-order valence-electron chi connectivity index (χ4n) is 3.92. The lowest BCUT2D eigenvalue weighted by Gasteiger charge is -2.31. The molecule has 7 nitrogen and oxygen atoms in total. The summed E-state index contributed by atoms with van der Waals surface area (Å²) in [4.78, 5) is 33.6. The lowest BCUT2D eigenvalue weighted by molar-refractivity contribution is -0.138. The van der Waals surface area contributed by atoms with Crippen molar-refractivity contribution in [2.24, 2.45) is 5.92 Å². The van der Waals surface area contributed by atoms with Crippen molar-refractivity contribution in [3.63, 3.8) is 0 Å². The van der Waals surface area contributed by atoms with E-state index in [1.807, 2.05) is 32.6 Å². The maximum absolute atomic E-state index is 13.0. The summed E-state index contributed by atoms with van der Waals surface area (Å²) >= 11 is 0. The first-order valence-corrected chi connectivity index (χ1v) is 9.81. The van der Waals surface area contributed by atoms with Gasteiger partial charge in [0.25, 0.3) is 5.91 Å². The molecule has 2 aliphatic rings. The summed E-state index contributed by atoms with van der Waals surface area (Å²) in [5.41, 5.74) is 2.29. The lowest BCUT2D eigenvalue weighted by atomic mass is 9.84. The number of amides is 2. The van der Waals surface area contributed by atoms with Crippen molar-refractivity contribution < 1.29 is 14.7 Å². The van der Waals surface area contributed by atoms with Crippen LogP contribution in [0.5, 0.6) is 0 Å². The number of aromatic nitrogens is 2. The van der Waals surface area contributed by atoms with Gasteiger partial charge in [-0.3, -0.25) is 9.59 Å². The van der Waals surface area contributed by atoms with Crippen LogP contribution in [0.25, 0.3) is 11.0 Å². The van der Waals surface area contributed by atoms with Crippen LogP contribution in [-0.4, -0.2) is 69.1 Å². The van der Waals surface area contributed by atoms with Gasteiger partial charge in [0.1, 0.15) is 0 Å². The maximum Gasteiger partial charge on any atom is 0.253 e. The van der Waals surface area contributed by atoms with Crippen molar-refractivity contribution in [1.29, 1.82) is 0 Å². The van der Waals surface area contributed by atoms with Crippen LogP contribution in [0, 0.1) is 5.92 Å². The van der Waals surface area contributed by atoms with E-state index in [9.17, 15) is 9.59 Å². The zero-order valence-corrected chi connectivity index (χ0v) is 15.5. The Bertz CT molecular complexity index is 843. The summed E-state index contributed by atoms with van der Waals surface area (Å²) in [6.07, 6.45) is 5.69. The third-order valence-electron chi connectivity index (χ3n) is 5.76. The first-order valence-electron chi connectivity index (χ1n) is 9.81. The first-order chi connectivity index (χ1) is 13.2. The number of rotatable bonds is 4. The summed E-state index contributed by atoms with van der Waals surface area (Å²) in [7, 11) is 0. The van der Waals surface area contributed by atoms with E-state index in [4.69, 9.17) is 5.11 Å². The number of nitrogens with zero attached hydrogens (tertiary/aromatic N) is 4. The van der Waals surface area contributed by atoms with E-state index in [-0.39, 0.29) is 24.3 Å². The minimum atomic E-state index is -0.00782. The van der Waals surface area contributed by atoms with Gasteiger partial charge in [-0.2, -0.15) is 0 Å². The number of carbonyl (C=O) groups is 2. The second kappa shape index (κ2) is 7.68. The highest BCUT2D eigenvalue weighted by Crippen LogP contribution is 2.28. The highest BCUT2D eigenvalue weighted by molar-refractivity contribution is 5.97. The van der Waals surface area contributed by atoms with Gasteiger partial charge >= 0.3 is 0 Å². The van der Waals surface area contributed by atoms with E-state index in [2.05, 4.69) is 4.98 Å². The minimum Gasteiger partial charge on any atom is -0.395 e. The molecule has 2 aromatic rings. The van der Waals surface area contributed by atoms with E-state index in [0.717, 1.165) is 43.3 Å². The van der Waals surface area contributed by atoms with E-state index in [1.54, 1.807) is 6.33 Å². The van der Waals surface area contributed by atoms with Crippen LogP contribution in [0.2, 0.25) is 0 Å². The number of hydrogen-bond donors (Lipinski definition) is 1. The molecule has 2 fully saturated rings. The number of aliphatic hydroxyl groups excluding tert-OH is 1. The highest BCUT2D eigenvalue weighted by atomic mass is 16.3. The zero-order chi connectivity index (χ0) is 18.8. The van der Waals surface area contributed by atoms with Crippen LogP contribution in [0.4, 0.5) is 0 Å². The Morgan fingerprint density at radius 3 is 2.59 bits per heavy atom. The van der Waals surface area contributed by atoms with Gasteiger partial charge in [0.15, 0.2) is 0 Å². The molecule has 144 valence electrons. The fraction of sp³-hybridized carbons (Fsp3) is 0.550. The molecule has 0 atom stereocenters. The van der Waals surface area contributed by atoms with Crippen molar-refractivity contribution in [2.45, 2.75) is 32.2 Å². The Labute approximate surface area is 158 Å². The van der Waals surface area contributed by atoms with Crippen LogP contribution < -0.4 is 0 Å². The molecular weight excluding hydrogens is 344 g/mol. The molecule has 7 heteroatoms. The third-order valence-corrected chi connectivity index (χ3v) is 5.76. The third kappa shape index (κ3) is 3.56. The monoisotopic (exact) mass is 370 g/mol. The molecule has 0 spiro atoms. The second-order valence-electron chi connectivity index (χ2n) is 7.46. The summed E-state index contributed by atoms with van der Waals surface area (Å²) in [5.74, 6) is 0.474. The Morgan fingerprint density at radius 1 is 1.07 bits per heavy atom. The SMILES string of the molecule is O=C(c1ccc2c(c1)ncn2CCO)N1CCCN(C(=O)C2CCC2)CC1. The number of fused-ring (bicyclic) bond motifs is 1. The van der Waals surface area contributed by atoms with Gasteiger partial charge < -0.3 is 19.5 Å². The van der Waals surface area contributed by atoms with Gasteiger partial charge in [0.2, 0.25) is 5.91 Å². The van der Waals surface area contributed by atoms with Gasteiger partial charge in [-0.15, -0.1) is 0 Å². The summed E-state index contributed by atoms with van der Waals surface area (Å²) in [5, 5.41) is 9.11. The average Bonchev–Trinajstić information content (AvgIpc) is 2.87. The van der Waals surface area contributed by atoms with Crippen LogP contribution >= 0.6 is 0 Å². The van der Waals surface area contributed by atoms with Crippen LogP contribution in [0.1, 0.15) is 36.0 Å². The van der Waals surface area contributed by atoms with E-state index >= 15 is 0 Å². The molecule has 1 aliphatic heterocycles. The molecule has 1 aromatic heterocycles. The molecule has 1 N–H and O–H groups in total. The van der Waals surface area contributed by atoms with Gasteiger partial charge in [-0.25, -0.2) is 4.98 Å². The van der Waals surface area contributed by atoms with Gasteiger partial charge in [-0.05, 0) is 37.5 Å². The summed E-state index contributed by atoms with van der Waals surface area (Å²) in [6.45, 7) is 3.15. The molecule has 0 radical (unpaired) electrons. The van der Waals surface area contributed by atoms with Crippen molar-refractivity contribution in [1.82, 2.24) is 19.4 Å². The molecule has 2 heterocycles. The largest absolute Gasteiger partial charge is 0.395 e. The van der Waals surface area contributed by atoms with Crippen LogP contribution in [-0.2, 0) is 11.3 Å². The molecule has 1 aliphatic carbocycles. The van der Waals surface area contributed by atoms with E-state index in [1.165, 1.54) is 0 Å². The van der Waals surface area contributed by atoms with Crippen molar-refractivity contribution in [3.8, 4) is 0 Å². The number of hydrogen-bond acceptors (Lipinski definition) is 4. The number of imidazole rings is 1. The van der Waals surface area contributed by atoms with Gasteiger partial charge in [-0.1, -0.05) is 6.42 Å². The minimum absolute atomic E-state index is 0.00782. The molecule has 2 amide bonds. The smallest absolute Gasteiger partial charge is 0.253 e.